The van der Waals surface area contributed by atoms with Crippen LogP contribution in [0.25, 0.3) is 0 Å². The normalized spacial score (nSPS) is 30.2. The number of carbonyl (C=O) groups is 1. The minimum atomic E-state index is -1.30. The molecule has 1 aliphatic rings. The van der Waals surface area contributed by atoms with E-state index in [9.17, 15) is 15.0 Å². The highest BCUT2D eigenvalue weighted by molar-refractivity contribution is 5.93. The highest BCUT2D eigenvalue weighted by Gasteiger charge is 2.44. The fourth-order valence-electron chi connectivity index (χ4n) is 1.91. The Morgan fingerprint density at radius 2 is 2.26 bits per heavy atom. The van der Waals surface area contributed by atoms with Crippen LogP contribution < -0.4 is 5.73 Å². The van der Waals surface area contributed by atoms with Gasteiger partial charge in [0.25, 0.3) is 5.91 Å². The number of aliphatic hydroxyl groups excluding tert-OH is 3. The third kappa shape index (κ3) is 2.20. The van der Waals surface area contributed by atoms with E-state index in [1.54, 1.807) is 0 Å². The SMILES string of the molecule is C#Cc1cn([C@@H]2O[C@H](CO)[C@@H](O)[C@H]2O)nc1C(N)=O. The smallest absolute Gasteiger partial charge is 0.270 e. The van der Waals surface area contributed by atoms with E-state index >= 15 is 0 Å². The Hall–Kier alpha value is -1.92. The van der Waals surface area contributed by atoms with Gasteiger partial charge in [-0.25, -0.2) is 4.68 Å². The van der Waals surface area contributed by atoms with Gasteiger partial charge >= 0.3 is 0 Å². The third-order valence-electron chi connectivity index (χ3n) is 2.90. The summed E-state index contributed by atoms with van der Waals surface area (Å²) in [4.78, 5) is 11.1. The first-order chi connectivity index (χ1) is 8.99. The van der Waals surface area contributed by atoms with Crippen molar-refractivity contribution < 1.29 is 24.9 Å². The highest BCUT2D eigenvalue weighted by Crippen LogP contribution is 2.29. The summed E-state index contributed by atoms with van der Waals surface area (Å²) >= 11 is 0. The fourth-order valence-corrected chi connectivity index (χ4v) is 1.91. The number of hydrogen-bond acceptors (Lipinski definition) is 6. The molecule has 0 unspecified atom stereocenters. The molecule has 2 rings (SSSR count). The average Bonchev–Trinajstić information content (AvgIpc) is 2.93. The van der Waals surface area contributed by atoms with Gasteiger partial charge in [0, 0.05) is 6.20 Å². The van der Waals surface area contributed by atoms with Gasteiger partial charge in [0.15, 0.2) is 11.9 Å². The van der Waals surface area contributed by atoms with Crippen molar-refractivity contribution in [1.82, 2.24) is 9.78 Å². The van der Waals surface area contributed by atoms with Crippen LogP contribution in [-0.4, -0.2) is 55.9 Å². The van der Waals surface area contributed by atoms with Crippen molar-refractivity contribution in [3.05, 3.63) is 17.5 Å². The van der Waals surface area contributed by atoms with E-state index in [-0.39, 0.29) is 11.3 Å². The van der Waals surface area contributed by atoms with E-state index in [0.29, 0.717) is 0 Å². The van der Waals surface area contributed by atoms with Crippen molar-refractivity contribution in [3.63, 3.8) is 0 Å². The Balaban J connectivity index is 2.33. The van der Waals surface area contributed by atoms with Gasteiger partial charge in [-0.15, -0.1) is 6.42 Å². The molecule has 1 aromatic rings. The number of ether oxygens (including phenoxy) is 1. The topological polar surface area (TPSA) is 131 Å². The zero-order valence-corrected chi connectivity index (χ0v) is 9.80. The van der Waals surface area contributed by atoms with Gasteiger partial charge in [-0.2, -0.15) is 5.10 Å². The second-order valence-corrected chi connectivity index (χ2v) is 4.11. The predicted octanol–water partition coefficient (Wildman–Crippen LogP) is -2.43. The van der Waals surface area contributed by atoms with E-state index in [1.807, 2.05) is 0 Å². The highest BCUT2D eigenvalue weighted by atomic mass is 16.6. The van der Waals surface area contributed by atoms with Crippen molar-refractivity contribution in [2.75, 3.05) is 6.61 Å². The number of primary amides is 1. The number of rotatable bonds is 3. The summed E-state index contributed by atoms with van der Waals surface area (Å²) in [5.74, 6) is 1.43. The molecule has 0 spiro atoms. The Bertz CT molecular complexity index is 535. The molecule has 0 saturated carbocycles. The maximum Gasteiger partial charge on any atom is 0.270 e. The second-order valence-electron chi connectivity index (χ2n) is 4.11. The molecular weight excluding hydrogens is 254 g/mol. The summed E-state index contributed by atoms with van der Waals surface area (Å²) < 4.78 is 6.35. The molecule has 0 aromatic carbocycles. The molecule has 8 nitrogen and oxygen atoms in total. The maximum atomic E-state index is 11.1. The van der Waals surface area contributed by atoms with Crippen LogP contribution in [0.15, 0.2) is 6.20 Å². The van der Waals surface area contributed by atoms with Crippen LogP contribution in [0.1, 0.15) is 22.3 Å². The van der Waals surface area contributed by atoms with Crippen LogP contribution in [-0.2, 0) is 4.74 Å². The minimum Gasteiger partial charge on any atom is -0.394 e. The van der Waals surface area contributed by atoms with Gasteiger partial charge in [0.1, 0.15) is 18.3 Å². The molecule has 1 saturated heterocycles. The van der Waals surface area contributed by atoms with E-state index in [1.165, 1.54) is 6.20 Å². The molecule has 1 aromatic heterocycles. The summed E-state index contributed by atoms with van der Waals surface area (Å²) in [5.41, 5.74) is 5.15. The first-order valence-electron chi connectivity index (χ1n) is 5.47. The number of nitrogens with zero attached hydrogens (tertiary/aromatic N) is 2. The Kier molecular flexibility index (Phi) is 3.55. The monoisotopic (exact) mass is 267 g/mol. The van der Waals surface area contributed by atoms with Gasteiger partial charge < -0.3 is 25.8 Å². The van der Waals surface area contributed by atoms with Gasteiger partial charge in [-0.3, -0.25) is 4.79 Å². The Labute approximate surface area is 108 Å². The van der Waals surface area contributed by atoms with Crippen LogP contribution in [0.2, 0.25) is 0 Å². The van der Waals surface area contributed by atoms with Crippen LogP contribution in [0.4, 0.5) is 0 Å². The number of hydrogen-bond donors (Lipinski definition) is 4. The number of terminal acetylenes is 1. The average molecular weight is 267 g/mol. The molecular formula is C11H13N3O5. The van der Waals surface area contributed by atoms with Crippen molar-refractivity contribution in [3.8, 4) is 12.3 Å². The Morgan fingerprint density at radius 3 is 2.68 bits per heavy atom. The quantitative estimate of drug-likeness (QED) is 0.451. The molecule has 0 radical (unpaired) electrons. The van der Waals surface area contributed by atoms with Gasteiger partial charge in [-0.1, -0.05) is 5.92 Å². The molecule has 1 amide bonds. The lowest BCUT2D eigenvalue weighted by Gasteiger charge is -2.14. The lowest BCUT2D eigenvalue weighted by molar-refractivity contribution is -0.0587. The molecule has 1 fully saturated rings. The Morgan fingerprint density at radius 1 is 1.58 bits per heavy atom. The third-order valence-corrected chi connectivity index (χ3v) is 2.90. The molecule has 8 heteroatoms. The number of aliphatic hydroxyl groups is 3. The molecule has 19 heavy (non-hydrogen) atoms. The number of aromatic nitrogens is 2. The number of amides is 1. The lowest BCUT2D eigenvalue weighted by Crippen LogP contribution is -2.33. The zero-order chi connectivity index (χ0) is 14.2. The zero-order valence-electron chi connectivity index (χ0n) is 9.80. The summed E-state index contributed by atoms with van der Waals surface area (Å²) in [5, 5.41) is 32.3. The maximum absolute atomic E-state index is 11.1. The van der Waals surface area contributed by atoms with Gasteiger partial charge in [0.05, 0.1) is 12.2 Å². The molecule has 5 N–H and O–H groups in total. The summed E-state index contributed by atoms with van der Waals surface area (Å²) in [6.07, 6.45) is 1.97. The predicted molar refractivity (Wildman–Crippen MR) is 61.7 cm³/mol. The first-order valence-corrected chi connectivity index (χ1v) is 5.47. The molecule has 0 bridgehead atoms. The number of carbonyl (C=O) groups excluding carboxylic acids is 1. The van der Waals surface area contributed by atoms with Gasteiger partial charge in [0.2, 0.25) is 0 Å². The standard InChI is InChI=1S/C11H13N3O5/c1-2-5-3-14(13-7(5)10(12)18)11-9(17)8(16)6(4-15)19-11/h1,3,6,8-9,11,15-17H,4H2,(H2,12,18)/t6-,8-,9-,11-/m1/s1. The fraction of sp³-hybridized carbons (Fsp3) is 0.455. The van der Waals surface area contributed by atoms with Gasteiger partial charge in [-0.05, 0) is 0 Å². The lowest BCUT2D eigenvalue weighted by atomic mass is 10.1. The van der Waals surface area contributed by atoms with Crippen LogP contribution >= 0.6 is 0 Å². The van der Waals surface area contributed by atoms with Crippen molar-refractivity contribution in [2.24, 2.45) is 5.73 Å². The molecule has 1 aliphatic heterocycles. The largest absolute Gasteiger partial charge is 0.394 e. The van der Waals surface area contributed by atoms with Crippen LogP contribution in [0.3, 0.4) is 0 Å². The van der Waals surface area contributed by atoms with E-state index < -0.39 is 37.1 Å². The molecule has 0 aliphatic carbocycles. The van der Waals surface area contributed by atoms with Crippen molar-refractivity contribution >= 4 is 5.91 Å². The molecule has 2 heterocycles. The first kappa shape index (κ1) is 13.5. The second kappa shape index (κ2) is 4.99. The van der Waals surface area contributed by atoms with E-state index in [4.69, 9.17) is 22.0 Å². The van der Waals surface area contributed by atoms with Crippen LogP contribution in [0.5, 0.6) is 0 Å². The molecule has 102 valence electrons. The van der Waals surface area contributed by atoms with E-state index in [0.717, 1.165) is 4.68 Å². The summed E-state index contributed by atoms with van der Waals surface area (Å²) in [6.45, 7) is -0.458. The molecule has 4 atom stereocenters. The minimum absolute atomic E-state index is 0.125. The summed E-state index contributed by atoms with van der Waals surface area (Å²) in [6, 6.07) is 0. The van der Waals surface area contributed by atoms with Crippen molar-refractivity contribution in [2.45, 2.75) is 24.5 Å². The number of nitrogens with two attached hydrogens (primary N) is 1. The van der Waals surface area contributed by atoms with Crippen LogP contribution in [0, 0.1) is 12.3 Å². The van der Waals surface area contributed by atoms with Crippen molar-refractivity contribution in [1.29, 1.82) is 0 Å². The van der Waals surface area contributed by atoms with E-state index in [2.05, 4.69) is 11.0 Å². The summed E-state index contributed by atoms with van der Waals surface area (Å²) in [7, 11) is 0.